The molecule has 0 saturated carbocycles. The van der Waals surface area contributed by atoms with Gasteiger partial charge in [-0.05, 0) is 51.4 Å². The molecular weight excluding hydrogens is 885 g/mol. The number of ether oxygens (including phenoxy) is 2. The number of aliphatic hydroxyl groups excluding tert-OH is 1. The molecule has 0 fully saturated rings. The summed E-state index contributed by atoms with van der Waals surface area (Å²) >= 11 is 0. The van der Waals surface area contributed by atoms with Crippen LogP contribution in [0.25, 0.3) is 0 Å². The fourth-order valence-electron chi connectivity index (χ4n) is 10.0. The minimum absolute atomic E-state index is 0.0647. The monoisotopic (exact) mass is 1010 g/mol. The van der Waals surface area contributed by atoms with Gasteiger partial charge in [0.2, 0.25) is 0 Å². The first-order chi connectivity index (χ1) is 35.6. The van der Waals surface area contributed by atoms with Crippen LogP contribution in [0.1, 0.15) is 361 Å². The van der Waals surface area contributed by atoms with E-state index < -0.39 is 6.10 Å². The van der Waals surface area contributed by atoms with Crippen molar-refractivity contribution in [3.63, 3.8) is 0 Å². The summed E-state index contributed by atoms with van der Waals surface area (Å²) in [6, 6.07) is 0. The Bertz CT molecular complexity index is 1140. The van der Waals surface area contributed by atoms with Crippen LogP contribution < -0.4 is 0 Å². The second-order valence-electron chi connectivity index (χ2n) is 22.2. The summed E-state index contributed by atoms with van der Waals surface area (Å²) < 4.78 is 10.7. The number of hydrogen-bond donors (Lipinski definition) is 1. The molecular formula is C67H126O5. The van der Waals surface area contributed by atoms with Gasteiger partial charge in [0.25, 0.3) is 0 Å². The molecule has 0 aromatic heterocycles. The second kappa shape index (κ2) is 63.4. The van der Waals surface area contributed by atoms with Crippen molar-refractivity contribution in [1.29, 1.82) is 0 Å². The minimum Gasteiger partial charge on any atom is -0.462 e. The Morgan fingerprint density at radius 2 is 0.556 bits per heavy atom. The molecule has 0 aliphatic heterocycles. The Hall–Kier alpha value is -1.88. The highest BCUT2D eigenvalue weighted by Gasteiger charge is 2.16. The molecule has 1 unspecified atom stereocenters. The van der Waals surface area contributed by atoms with Gasteiger partial charge in [-0.3, -0.25) is 9.59 Å². The summed E-state index contributed by atoms with van der Waals surface area (Å²) in [6.07, 6.45) is 83.1. The fraction of sp³-hybridized carbons (Fsp3) is 0.881. The van der Waals surface area contributed by atoms with Crippen LogP contribution in [-0.2, 0) is 19.1 Å². The molecule has 0 spiro atoms. The van der Waals surface area contributed by atoms with Gasteiger partial charge in [0.05, 0.1) is 6.61 Å². The maximum atomic E-state index is 12.3. The first-order valence-electron chi connectivity index (χ1n) is 32.5. The predicted octanol–water partition coefficient (Wildman–Crippen LogP) is 22.2. The van der Waals surface area contributed by atoms with E-state index in [-0.39, 0.29) is 25.2 Å². The average Bonchev–Trinajstić information content (AvgIpc) is 3.38. The van der Waals surface area contributed by atoms with E-state index in [4.69, 9.17) is 9.47 Å². The van der Waals surface area contributed by atoms with Crippen molar-refractivity contribution in [3.05, 3.63) is 36.5 Å². The van der Waals surface area contributed by atoms with Gasteiger partial charge in [-0.15, -0.1) is 0 Å². The molecule has 0 aromatic carbocycles. The molecule has 0 amide bonds. The second-order valence-corrected chi connectivity index (χ2v) is 22.2. The van der Waals surface area contributed by atoms with Crippen molar-refractivity contribution in [2.45, 2.75) is 367 Å². The maximum Gasteiger partial charge on any atom is 0.306 e. The molecule has 5 heteroatoms. The van der Waals surface area contributed by atoms with Gasteiger partial charge in [0, 0.05) is 12.8 Å². The smallest absolute Gasteiger partial charge is 0.306 e. The van der Waals surface area contributed by atoms with E-state index in [0.717, 1.165) is 51.4 Å². The van der Waals surface area contributed by atoms with E-state index in [2.05, 4.69) is 50.3 Å². The lowest BCUT2D eigenvalue weighted by Gasteiger charge is -2.15. The van der Waals surface area contributed by atoms with Crippen molar-refractivity contribution >= 4 is 11.9 Å². The zero-order valence-corrected chi connectivity index (χ0v) is 48.7. The lowest BCUT2D eigenvalue weighted by atomic mass is 10.0. The van der Waals surface area contributed by atoms with Crippen LogP contribution >= 0.6 is 0 Å². The lowest BCUT2D eigenvalue weighted by molar-refractivity contribution is -0.161. The molecule has 5 nitrogen and oxygen atoms in total. The van der Waals surface area contributed by atoms with Crippen LogP contribution in [0, 0.1) is 0 Å². The predicted molar refractivity (Wildman–Crippen MR) is 316 cm³/mol. The molecule has 0 aliphatic rings. The molecule has 0 aromatic rings. The summed E-state index contributed by atoms with van der Waals surface area (Å²) in [5.74, 6) is -0.581. The Labute approximate surface area is 450 Å². The van der Waals surface area contributed by atoms with Crippen LogP contribution in [-0.4, -0.2) is 36.4 Å². The number of aliphatic hydroxyl groups is 1. The molecule has 0 aliphatic carbocycles. The van der Waals surface area contributed by atoms with Gasteiger partial charge in [-0.1, -0.05) is 333 Å². The molecule has 0 heterocycles. The normalized spacial score (nSPS) is 12.3. The molecule has 0 radical (unpaired) electrons. The van der Waals surface area contributed by atoms with E-state index in [1.165, 1.54) is 283 Å². The highest BCUT2D eigenvalue weighted by molar-refractivity contribution is 5.70. The Morgan fingerprint density at radius 3 is 0.833 bits per heavy atom. The zero-order chi connectivity index (χ0) is 52.0. The quantitative estimate of drug-likeness (QED) is 0.0373. The molecule has 424 valence electrons. The topological polar surface area (TPSA) is 72.8 Å². The number of unbranched alkanes of at least 4 members (excludes halogenated alkanes) is 47. The number of hydrogen-bond acceptors (Lipinski definition) is 5. The first kappa shape index (κ1) is 70.1. The van der Waals surface area contributed by atoms with E-state index in [1.807, 2.05) is 0 Å². The van der Waals surface area contributed by atoms with Crippen LogP contribution in [0.2, 0.25) is 0 Å². The van der Waals surface area contributed by atoms with E-state index in [1.54, 1.807) is 0 Å². The fourth-order valence-corrected chi connectivity index (χ4v) is 10.0. The standard InChI is InChI=1S/C67H126O5/c1-3-5-7-9-11-13-15-17-19-21-23-25-27-28-29-30-31-32-33-34-35-36-37-38-40-41-43-45-47-49-51-53-55-57-59-61-66(69)71-64-65(63-68)72-67(70)62-60-58-56-54-52-50-48-46-44-42-39-26-24-22-20-18-16-14-12-10-8-6-4-2/h16,18,22,24,39,42,65,68H,3-15,17,19-21,23,25-38,40-41,43-64H2,1-2H3/b18-16-,24-22-,42-39-. The Balaban J connectivity index is 3.40. The molecule has 1 atom stereocenters. The van der Waals surface area contributed by atoms with Crippen molar-refractivity contribution in [2.75, 3.05) is 13.2 Å². The van der Waals surface area contributed by atoms with E-state index in [0.29, 0.717) is 12.8 Å². The van der Waals surface area contributed by atoms with E-state index in [9.17, 15) is 14.7 Å². The summed E-state index contributed by atoms with van der Waals surface area (Å²) in [5, 5.41) is 9.67. The average molecular weight is 1010 g/mol. The van der Waals surface area contributed by atoms with Crippen molar-refractivity contribution in [3.8, 4) is 0 Å². The molecule has 1 N–H and O–H groups in total. The third-order valence-corrected chi connectivity index (χ3v) is 14.9. The zero-order valence-electron chi connectivity index (χ0n) is 48.7. The van der Waals surface area contributed by atoms with Crippen molar-refractivity contribution in [1.82, 2.24) is 0 Å². The number of carbonyl (C=O) groups is 2. The third-order valence-electron chi connectivity index (χ3n) is 14.9. The molecule has 0 bridgehead atoms. The summed E-state index contributed by atoms with van der Waals surface area (Å²) in [6.45, 7) is 4.18. The van der Waals surface area contributed by atoms with Crippen LogP contribution in [0.5, 0.6) is 0 Å². The van der Waals surface area contributed by atoms with Crippen molar-refractivity contribution < 1.29 is 24.2 Å². The molecule has 0 rings (SSSR count). The minimum atomic E-state index is -0.775. The molecule has 0 saturated heterocycles. The van der Waals surface area contributed by atoms with Crippen molar-refractivity contribution in [2.24, 2.45) is 0 Å². The van der Waals surface area contributed by atoms with Gasteiger partial charge in [-0.2, -0.15) is 0 Å². The SMILES string of the molecule is CCCCCCC/C=C\C/C=C\C/C=C\CCCCCCCCCCC(=O)OC(CO)COC(=O)CCCCCCCCCCCCCCCCCCCCCCCCCCCCCCCCCCCCC. The number of allylic oxidation sites excluding steroid dienone is 6. The lowest BCUT2D eigenvalue weighted by Crippen LogP contribution is -2.28. The van der Waals surface area contributed by atoms with Gasteiger partial charge in [-0.25, -0.2) is 0 Å². The van der Waals surface area contributed by atoms with E-state index >= 15 is 0 Å². The Kier molecular flexibility index (Phi) is 61.8. The summed E-state index contributed by atoms with van der Waals surface area (Å²) in [5.41, 5.74) is 0. The summed E-state index contributed by atoms with van der Waals surface area (Å²) in [7, 11) is 0. The van der Waals surface area contributed by atoms with Gasteiger partial charge in [0.1, 0.15) is 6.61 Å². The van der Waals surface area contributed by atoms with Gasteiger partial charge in [0.15, 0.2) is 6.10 Å². The highest BCUT2D eigenvalue weighted by Crippen LogP contribution is 2.18. The third kappa shape index (κ3) is 60.7. The largest absolute Gasteiger partial charge is 0.462 e. The number of esters is 2. The number of rotatable bonds is 61. The van der Waals surface area contributed by atoms with Crippen LogP contribution in [0.4, 0.5) is 0 Å². The Morgan fingerprint density at radius 1 is 0.319 bits per heavy atom. The maximum absolute atomic E-state index is 12.3. The summed E-state index contributed by atoms with van der Waals surface area (Å²) in [4.78, 5) is 24.6. The number of carbonyl (C=O) groups excluding carboxylic acids is 2. The highest BCUT2D eigenvalue weighted by atomic mass is 16.6. The molecule has 72 heavy (non-hydrogen) atoms. The van der Waals surface area contributed by atoms with Gasteiger partial charge < -0.3 is 14.6 Å². The van der Waals surface area contributed by atoms with Crippen LogP contribution in [0.3, 0.4) is 0 Å². The van der Waals surface area contributed by atoms with Crippen LogP contribution in [0.15, 0.2) is 36.5 Å². The van der Waals surface area contributed by atoms with Gasteiger partial charge >= 0.3 is 11.9 Å². The first-order valence-corrected chi connectivity index (χ1v) is 32.5.